The summed E-state index contributed by atoms with van der Waals surface area (Å²) in [4.78, 5) is 23.9. The maximum Gasteiger partial charge on any atom is 0.333 e. The molecule has 3 amide bonds. The minimum Gasteiger partial charge on any atom is -0.493 e. The van der Waals surface area contributed by atoms with Gasteiger partial charge < -0.3 is 19.5 Å². The molecule has 1 aromatic carbocycles. The molecule has 8 nitrogen and oxygen atoms in total. The van der Waals surface area contributed by atoms with Crippen molar-refractivity contribution >= 4 is 11.9 Å². The summed E-state index contributed by atoms with van der Waals surface area (Å²) in [5.41, 5.74) is 4.90. The number of carbonyl (C=O) groups excluding carboxylic acids is 2. The van der Waals surface area contributed by atoms with Crippen molar-refractivity contribution in [3.8, 4) is 17.2 Å². The van der Waals surface area contributed by atoms with Crippen molar-refractivity contribution in [2.24, 2.45) is 0 Å². The second kappa shape index (κ2) is 9.49. The molecule has 1 atom stereocenters. The summed E-state index contributed by atoms with van der Waals surface area (Å²) in [5.74, 6) is 0.578. The second-order valence-electron chi connectivity index (χ2n) is 5.16. The first-order valence-electron chi connectivity index (χ1n) is 7.63. The molecule has 8 heteroatoms. The molecule has 0 radical (unpaired) electrons. The van der Waals surface area contributed by atoms with Crippen LogP contribution in [-0.4, -0.2) is 39.3 Å². The lowest BCUT2D eigenvalue weighted by Gasteiger charge is -2.15. The average Bonchev–Trinajstić information content (AvgIpc) is 2.58. The molecule has 0 fully saturated rings. The van der Waals surface area contributed by atoms with E-state index in [0.717, 1.165) is 12.8 Å². The summed E-state index contributed by atoms with van der Waals surface area (Å²) in [6, 6.07) is 2.54. The number of hydrogen-bond donors (Lipinski definition) is 3. The molecule has 0 saturated carbocycles. The highest BCUT2D eigenvalue weighted by Crippen LogP contribution is 2.38. The summed E-state index contributed by atoms with van der Waals surface area (Å²) in [6.07, 6.45) is 1.81. The molecule has 0 bridgehead atoms. The molecule has 0 spiro atoms. The van der Waals surface area contributed by atoms with E-state index >= 15 is 0 Å². The Bertz CT molecular complexity index is 552. The van der Waals surface area contributed by atoms with Gasteiger partial charge in [-0.15, -0.1) is 0 Å². The zero-order valence-electron chi connectivity index (χ0n) is 14.7. The molecule has 1 rings (SSSR count). The van der Waals surface area contributed by atoms with E-state index in [4.69, 9.17) is 14.2 Å². The number of rotatable bonds is 7. The van der Waals surface area contributed by atoms with Crippen LogP contribution in [0.1, 0.15) is 37.0 Å². The normalized spacial score (nSPS) is 11.2. The van der Waals surface area contributed by atoms with Crippen molar-refractivity contribution in [1.29, 1.82) is 0 Å². The van der Waals surface area contributed by atoms with Crippen LogP contribution in [0.3, 0.4) is 0 Å². The number of nitrogens with one attached hydrogen (secondary N) is 3. The topological polar surface area (TPSA) is 97.9 Å². The molecule has 0 aliphatic heterocycles. The molecular weight excluding hydrogens is 314 g/mol. The molecule has 24 heavy (non-hydrogen) atoms. The predicted octanol–water partition coefficient (Wildman–Crippen LogP) is 1.84. The lowest BCUT2D eigenvalue weighted by Crippen LogP contribution is -2.49. The van der Waals surface area contributed by atoms with Crippen LogP contribution in [0.15, 0.2) is 12.1 Å². The highest BCUT2D eigenvalue weighted by Gasteiger charge is 2.17. The van der Waals surface area contributed by atoms with E-state index in [1.54, 1.807) is 0 Å². The minimum atomic E-state index is -0.507. The van der Waals surface area contributed by atoms with Gasteiger partial charge in [0.25, 0.3) is 5.91 Å². The smallest absolute Gasteiger partial charge is 0.333 e. The van der Waals surface area contributed by atoms with E-state index in [0.29, 0.717) is 17.2 Å². The molecule has 1 aromatic rings. The summed E-state index contributed by atoms with van der Waals surface area (Å²) < 4.78 is 15.6. The van der Waals surface area contributed by atoms with Gasteiger partial charge in [0.15, 0.2) is 11.5 Å². The lowest BCUT2D eigenvalue weighted by molar-refractivity contribution is 0.0935. The fraction of sp³-hybridized carbons (Fsp3) is 0.500. The summed E-state index contributed by atoms with van der Waals surface area (Å²) in [7, 11) is 4.39. The zero-order chi connectivity index (χ0) is 18.1. The van der Waals surface area contributed by atoms with Crippen LogP contribution in [0.5, 0.6) is 17.2 Å². The molecule has 0 aliphatic rings. The third kappa shape index (κ3) is 5.22. The molecular formula is C16H25N3O5. The Balaban J connectivity index is 2.76. The molecule has 0 saturated heterocycles. The molecule has 0 aromatic heterocycles. The first-order valence-corrected chi connectivity index (χ1v) is 7.63. The van der Waals surface area contributed by atoms with E-state index in [1.807, 2.05) is 13.8 Å². The van der Waals surface area contributed by atoms with Crippen LogP contribution in [0.4, 0.5) is 4.79 Å². The van der Waals surface area contributed by atoms with E-state index in [9.17, 15) is 9.59 Å². The van der Waals surface area contributed by atoms with Crippen LogP contribution < -0.4 is 30.4 Å². The van der Waals surface area contributed by atoms with Crippen molar-refractivity contribution in [3.05, 3.63) is 17.7 Å². The van der Waals surface area contributed by atoms with Crippen LogP contribution in [-0.2, 0) is 0 Å². The van der Waals surface area contributed by atoms with Gasteiger partial charge in [-0.05, 0) is 25.5 Å². The largest absolute Gasteiger partial charge is 0.493 e. The van der Waals surface area contributed by atoms with E-state index in [-0.39, 0.29) is 11.6 Å². The Hall–Kier alpha value is -2.64. The number of methoxy groups -OCH3 is 3. The fourth-order valence-corrected chi connectivity index (χ4v) is 2.16. The van der Waals surface area contributed by atoms with E-state index in [1.165, 1.54) is 33.5 Å². The minimum absolute atomic E-state index is 0.0214. The number of amides is 3. The van der Waals surface area contributed by atoms with Gasteiger partial charge in [-0.25, -0.2) is 10.2 Å². The number of ether oxygens (including phenoxy) is 3. The molecule has 134 valence electrons. The Labute approximate surface area is 141 Å². The molecule has 0 aliphatic carbocycles. The number of carbonyl (C=O) groups is 2. The van der Waals surface area contributed by atoms with Crippen molar-refractivity contribution in [1.82, 2.24) is 16.2 Å². The van der Waals surface area contributed by atoms with Crippen LogP contribution in [0.2, 0.25) is 0 Å². The zero-order valence-corrected chi connectivity index (χ0v) is 14.7. The van der Waals surface area contributed by atoms with Crippen molar-refractivity contribution in [2.75, 3.05) is 21.3 Å². The van der Waals surface area contributed by atoms with Gasteiger partial charge in [-0.3, -0.25) is 10.2 Å². The van der Waals surface area contributed by atoms with Gasteiger partial charge in [0, 0.05) is 11.6 Å². The van der Waals surface area contributed by atoms with Crippen molar-refractivity contribution in [3.63, 3.8) is 0 Å². The maximum atomic E-state index is 12.2. The summed E-state index contributed by atoms with van der Waals surface area (Å²) >= 11 is 0. The Morgan fingerprint density at radius 2 is 1.62 bits per heavy atom. The third-order valence-corrected chi connectivity index (χ3v) is 3.32. The van der Waals surface area contributed by atoms with Gasteiger partial charge in [0.05, 0.1) is 21.3 Å². The molecule has 0 unspecified atom stereocenters. The number of hydrazine groups is 1. The van der Waals surface area contributed by atoms with Gasteiger partial charge in [-0.2, -0.15) is 0 Å². The lowest BCUT2D eigenvalue weighted by atomic mass is 10.1. The average molecular weight is 339 g/mol. The van der Waals surface area contributed by atoms with E-state index in [2.05, 4.69) is 16.2 Å². The van der Waals surface area contributed by atoms with Crippen molar-refractivity contribution < 1.29 is 23.8 Å². The van der Waals surface area contributed by atoms with Gasteiger partial charge in [-0.1, -0.05) is 13.3 Å². The Morgan fingerprint density at radius 3 is 2.08 bits per heavy atom. The van der Waals surface area contributed by atoms with Crippen LogP contribution in [0, 0.1) is 0 Å². The number of hydrogen-bond acceptors (Lipinski definition) is 5. The first kappa shape index (κ1) is 19.4. The van der Waals surface area contributed by atoms with Crippen molar-refractivity contribution in [2.45, 2.75) is 32.7 Å². The maximum absolute atomic E-state index is 12.2. The monoisotopic (exact) mass is 339 g/mol. The summed E-state index contributed by atoms with van der Waals surface area (Å²) in [5, 5.41) is 2.72. The number of urea groups is 1. The van der Waals surface area contributed by atoms with E-state index < -0.39 is 11.9 Å². The molecule has 3 N–H and O–H groups in total. The van der Waals surface area contributed by atoms with Crippen LogP contribution >= 0.6 is 0 Å². The van der Waals surface area contributed by atoms with Gasteiger partial charge in [0.1, 0.15) is 0 Å². The van der Waals surface area contributed by atoms with Gasteiger partial charge in [0.2, 0.25) is 5.75 Å². The SMILES string of the molecule is CCC[C@@H](C)NC(=O)NNC(=O)c1cc(OC)c(OC)c(OC)c1. The second-order valence-corrected chi connectivity index (χ2v) is 5.16. The molecule has 0 heterocycles. The Morgan fingerprint density at radius 1 is 1.04 bits per heavy atom. The quantitative estimate of drug-likeness (QED) is 0.659. The Kier molecular flexibility index (Phi) is 7.67. The van der Waals surface area contributed by atoms with Gasteiger partial charge >= 0.3 is 6.03 Å². The fourth-order valence-electron chi connectivity index (χ4n) is 2.16. The standard InChI is InChI=1S/C16H25N3O5/c1-6-7-10(2)17-16(21)19-18-15(20)11-8-12(22-3)14(24-5)13(9-11)23-4/h8-10H,6-7H2,1-5H3,(H,18,20)(H2,17,19,21)/t10-/m1/s1. The summed E-state index contributed by atoms with van der Waals surface area (Å²) in [6.45, 7) is 3.92. The highest BCUT2D eigenvalue weighted by atomic mass is 16.5. The first-order chi connectivity index (χ1) is 11.5. The third-order valence-electron chi connectivity index (χ3n) is 3.32. The number of benzene rings is 1. The van der Waals surface area contributed by atoms with Crippen LogP contribution in [0.25, 0.3) is 0 Å². The predicted molar refractivity (Wildman–Crippen MR) is 89.6 cm³/mol. The highest BCUT2D eigenvalue weighted by molar-refractivity contribution is 5.96.